The smallest absolute Gasteiger partial charge is 0.326 e. The van der Waals surface area contributed by atoms with E-state index < -0.39 is 18.6 Å². The Hall–Kier alpha value is -0.290. The van der Waals surface area contributed by atoms with E-state index in [1.807, 2.05) is 13.8 Å². The third-order valence-corrected chi connectivity index (χ3v) is 2.10. The summed E-state index contributed by atoms with van der Waals surface area (Å²) in [5, 5.41) is 2.78. The van der Waals surface area contributed by atoms with E-state index in [0.29, 0.717) is 6.54 Å². The van der Waals surface area contributed by atoms with Crippen molar-refractivity contribution in [2.45, 2.75) is 45.5 Å². The van der Waals surface area contributed by atoms with Crippen LogP contribution in [0.1, 0.15) is 27.2 Å². The number of halogens is 3. The zero-order chi connectivity index (χ0) is 11.4. The van der Waals surface area contributed by atoms with Crippen LogP contribution in [0.15, 0.2) is 0 Å². The Balaban J connectivity index is 3.69. The molecule has 14 heavy (non-hydrogen) atoms. The van der Waals surface area contributed by atoms with Crippen LogP contribution in [0.2, 0.25) is 0 Å². The second kappa shape index (κ2) is 5.56. The first-order valence-corrected chi connectivity index (χ1v) is 4.78. The Labute approximate surface area is 83.0 Å². The molecule has 0 aliphatic carbocycles. The molecular weight excluding hydrogens is 193 g/mol. The second-order valence-corrected chi connectivity index (χ2v) is 4.04. The molecule has 0 amide bonds. The van der Waals surface area contributed by atoms with Gasteiger partial charge in [-0.05, 0) is 12.8 Å². The minimum absolute atomic E-state index is 0.0920. The van der Waals surface area contributed by atoms with Crippen molar-refractivity contribution in [1.29, 1.82) is 0 Å². The summed E-state index contributed by atoms with van der Waals surface area (Å²) in [4.78, 5) is 0. The molecule has 86 valence electrons. The predicted molar refractivity (Wildman–Crippen MR) is 51.0 cm³/mol. The Morgan fingerprint density at radius 2 is 1.71 bits per heavy atom. The summed E-state index contributed by atoms with van der Waals surface area (Å²) < 4.78 is 35.8. The average Bonchev–Trinajstić information content (AvgIpc) is 1.96. The molecule has 0 aliphatic heterocycles. The number of alkyl halides is 3. The largest absolute Gasteiger partial charge is 0.390 e. The molecular formula is C9H19F3N2. The van der Waals surface area contributed by atoms with Crippen molar-refractivity contribution < 1.29 is 13.2 Å². The highest BCUT2D eigenvalue weighted by Gasteiger charge is 2.29. The van der Waals surface area contributed by atoms with Gasteiger partial charge in [-0.3, -0.25) is 0 Å². The van der Waals surface area contributed by atoms with Gasteiger partial charge in [-0.2, -0.15) is 13.2 Å². The third kappa shape index (κ3) is 7.15. The molecule has 0 saturated carbocycles. The topological polar surface area (TPSA) is 38.0 Å². The normalized spacial score (nSPS) is 17.1. The summed E-state index contributed by atoms with van der Waals surface area (Å²) in [5.41, 5.74) is 5.68. The van der Waals surface area contributed by atoms with E-state index in [0.717, 1.165) is 0 Å². The molecule has 0 bridgehead atoms. The first-order valence-electron chi connectivity index (χ1n) is 4.78. The van der Waals surface area contributed by atoms with Crippen molar-refractivity contribution in [2.24, 2.45) is 11.7 Å². The number of nitrogens with two attached hydrogens (primary N) is 1. The van der Waals surface area contributed by atoms with E-state index in [1.54, 1.807) is 0 Å². The molecule has 0 heterocycles. The maximum absolute atomic E-state index is 11.9. The lowest BCUT2D eigenvalue weighted by Gasteiger charge is -2.20. The van der Waals surface area contributed by atoms with Gasteiger partial charge in [0.05, 0.1) is 6.42 Å². The van der Waals surface area contributed by atoms with Gasteiger partial charge in [0.15, 0.2) is 0 Å². The van der Waals surface area contributed by atoms with Crippen molar-refractivity contribution in [3.8, 4) is 0 Å². The molecule has 3 N–H and O–H groups in total. The summed E-state index contributed by atoms with van der Waals surface area (Å²) in [6, 6.07) is -0.662. The van der Waals surface area contributed by atoms with Crippen molar-refractivity contribution in [3.63, 3.8) is 0 Å². The maximum atomic E-state index is 11.9. The Kier molecular flexibility index (Phi) is 5.44. The fourth-order valence-electron chi connectivity index (χ4n) is 0.992. The molecule has 0 aliphatic rings. The van der Waals surface area contributed by atoms with Crippen LogP contribution in [0.4, 0.5) is 13.2 Å². The van der Waals surface area contributed by atoms with E-state index in [4.69, 9.17) is 5.73 Å². The molecule has 2 unspecified atom stereocenters. The third-order valence-electron chi connectivity index (χ3n) is 2.10. The number of rotatable bonds is 5. The zero-order valence-corrected chi connectivity index (χ0v) is 8.86. The highest BCUT2D eigenvalue weighted by atomic mass is 19.4. The Morgan fingerprint density at radius 1 is 1.21 bits per heavy atom. The monoisotopic (exact) mass is 212 g/mol. The van der Waals surface area contributed by atoms with Crippen molar-refractivity contribution in [3.05, 3.63) is 0 Å². The lowest BCUT2D eigenvalue weighted by Crippen LogP contribution is -2.42. The van der Waals surface area contributed by atoms with Gasteiger partial charge in [-0.25, -0.2) is 0 Å². The molecule has 0 radical (unpaired) electrons. The molecule has 0 rings (SSSR count). The maximum Gasteiger partial charge on any atom is 0.390 e. The minimum Gasteiger partial charge on any atom is -0.326 e. The lowest BCUT2D eigenvalue weighted by molar-refractivity contribution is -0.139. The standard InChI is InChI=1S/C9H19F3N2/c1-6(2)8(13)5-14-7(3)4-9(10,11)12/h6-8,14H,4-5,13H2,1-3H3. The van der Waals surface area contributed by atoms with Gasteiger partial charge in [0.2, 0.25) is 0 Å². The molecule has 0 spiro atoms. The van der Waals surface area contributed by atoms with Crippen LogP contribution in [-0.2, 0) is 0 Å². The Morgan fingerprint density at radius 3 is 2.07 bits per heavy atom. The van der Waals surface area contributed by atoms with Crippen LogP contribution < -0.4 is 11.1 Å². The molecule has 0 aromatic carbocycles. The number of hydrogen-bond donors (Lipinski definition) is 2. The summed E-state index contributed by atoms with van der Waals surface area (Å²) in [6.07, 6.45) is -4.91. The van der Waals surface area contributed by atoms with Crippen LogP contribution in [0.25, 0.3) is 0 Å². The molecule has 2 nitrogen and oxygen atoms in total. The first-order chi connectivity index (χ1) is 6.22. The summed E-state index contributed by atoms with van der Waals surface area (Å²) >= 11 is 0. The Bertz CT molecular complexity index is 157. The number of hydrogen-bond acceptors (Lipinski definition) is 2. The lowest BCUT2D eigenvalue weighted by atomic mass is 10.1. The molecule has 0 aromatic heterocycles. The van der Waals surface area contributed by atoms with Crippen LogP contribution >= 0.6 is 0 Å². The van der Waals surface area contributed by atoms with Crippen molar-refractivity contribution in [1.82, 2.24) is 5.32 Å². The second-order valence-electron chi connectivity index (χ2n) is 4.04. The van der Waals surface area contributed by atoms with E-state index >= 15 is 0 Å². The number of nitrogens with one attached hydrogen (secondary N) is 1. The predicted octanol–water partition coefficient (Wildman–Crippen LogP) is 1.90. The van der Waals surface area contributed by atoms with Crippen LogP contribution in [-0.4, -0.2) is 24.8 Å². The quantitative estimate of drug-likeness (QED) is 0.730. The highest BCUT2D eigenvalue weighted by molar-refractivity contribution is 4.72. The molecule has 5 heteroatoms. The summed E-state index contributed by atoms with van der Waals surface area (Å²) in [5.74, 6) is 0.278. The van der Waals surface area contributed by atoms with Crippen molar-refractivity contribution >= 4 is 0 Å². The minimum atomic E-state index is -4.10. The summed E-state index contributed by atoms with van der Waals surface area (Å²) in [7, 11) is 0. The van der Waals surface area contributed by atoms with E-state index in [-0.39, 0.29) is 12.0 Å². The van der Waals surface area contributed by atoms with Gasteiger partial charge in [0.1, 0.15) is 0 Å². The molecule has 0 aromatic rings. The van der Waals surface area contributed by atoms with E-state index in [2.05, 4.69) is 5.32 Å². The molecule has 2 atom stereocenters. The van der Waals surface area contributed by atoms with E-state index in [9.17, 15) is 13.2 Å². The fraction of sp³-hybridized carbons (Fsp3) is 1.00. The SMILES string of the molecule is CC(CC(F)(F)F)NCC(N)C(C)C. The first kappa shape index (κ1) is 13.7. The van der Waals surface area contributed by atoms with Gasteiger partial charge >= 0.3 is 6.18 Å². The van der Waals surface area contributed by atoms with Gasteiger partial charge in [-0.1, -0.05) is 13.8 Å². The van der Waals surface area contributed by atoms with Crippen molar-refractivity contribution in [2.75, 3.05) is 6.54 Å². The van der Waals surface area contributed by atoms with Gasteiger partial charge < -0.3 is 11.1 Å². The fourth-order valence-corrected chi connectivity index (χ4v) is 0.992. The van der Waals surface area contributed by atoms with E-state index in [1.165, 1.54) is 6.92 Å². The highest BCUT2D eigenvalue weighted by Crippen LogP contribution is 2.21. The van der Waals surface area contributed by atoms with Crippen LogP contribution in [0.3, 0.4) is 0 Å². The van der Waals surface area contributed by atoms with Crippen LogP contribution in [0, 0.1) is 5.92 Å². The van der Waals surface area contributed by atoms with Gasteiger partial charge in [-0.15, -0.1) is 0 Å². The molecule has 0 fully saturated rings. The summed E-state index contributed by atoms with van der Waals surface area (Å²) in [6.45, 7) is 5.83. The molecule has 0 saturated heterocycles. The van der Waals surface area contributed by atoms with Gasteiger partial charge in [0.25, 0.3) is 0 Å². The van der Waals surface area contributed by atoms with Crippen LogP contribution in [0.5, 0.6) is 0 Å². The average molecular weight is 212 g/mol. The zero-order valence-electron chi connectivity index (χ0n) is 8.86. The van der Waals surface area contributed by atoms with Gasteiger partial charge in [0, 0.05) is 18.6 Å².